The van der Waals surface area contributed by atoms with Crippen molar-refractivity contribution in [2.45, 2.75) is 109 Å². The Bertz CT molecular complexity index is 1380. The van der Waals surface area contributed by atoms with Gasteiger partial charge >= 0.3 is 5.97 Å². The Labute approximate surface area is 275 Å². The average Bonchev–Trinajstić information content (AvgIpc) is 3.77. The zero-order valence-corrected chi connectivity index (χ0v) is 27.6. The van der Waals surface area contributed by atoms with Crippen LogP contribution in [0.5, 0.6) is 0 Å². The normalized spacial score (nSPS) is 31.4. The lowest BCUT2D eigenvalue weighted by atomic mass is 9.87. The van der Waals surface area contributed by atoms with Gasteiger partial charge in [0.1, 0.15) is 23.9 Å². The Morgan fingerprint density at radius 3 is 2.47 bits per heavy atom. The van der Waals surface area contributed by atoms with Gasteiger partial charge in [-0.15, -0.1) is 0 Å². The second-order valence-corrected chi connectivity index (χ2v) is 12.8. The van der Waals surface area contributed by atoms with E-state index < -0.39 is 41.9 Å². The molecule has 1 aromatic carbocycles. The van der Waals surface area contributed by atoms with Gasteiger partial charge in [0.05, 0.1) is 37.4 Å². The van der Waals surface area contributed by atoms with E-state index in [0.717, 1.165) is 12.0 Å². The van der Waals surface area contributed by atoms with Crippen LogP contribution in [-0.2, 0) is 33.3 Å². The summed E-state index contributed by atoms with van der Waals surface area (Å²) in [5, 5.41) is 16.8. The zero-order valence-electron chi connectivity index (χ0n) is 27.6. The minimum atomic E-state index is -0.860. The van der Waals surface area contributed by atoms with Crippen LogP contribution in [0, 0.1) is 5.92 Å². The number of anilines is 1. The van der Waals surface area contributed by atoms with Crippen molar-refractivity contribution in [1.82, 2.24) is 5.32 Å². The second kappa shape index (κ2) is 15.8. The summed E-state index contributed by atoms with van der Waals surface area (Å²) in [6, 6.07) is 6.17. The van der Waals surface area contributed by atoms with E-state index in [-0.39, 0.29) is 42.4 Å². The molecule has 3 aliphatic heterocycles. The summed E-state index contributed by atoms with van der Waals surface area (Å²) in [5.74, 6) is -1.27. The van der Waals surface area contributed by atoms with E-state index in [1.807, 2.05) is 26.0 Å². The number of aliphatic hydroxyl groups excluding tert-OH is 1. The highest BCUT2D eigenvalue weighted by atomic mass is 16.6. The molecule has 3 saturated heterocycles. The summed E-state index contributed by atoms with van der Waals surface area (Å²) in [6.45, 7) is 9.42. The molecule has 0 saturated carbocycles. The Balaban J connectivity index is 1.27. The fraction of sp³-hybridized carbons (Fsp3) is 0.543. The number of aliphatic hydroxyl groups is 1. The van der Waals surface area contributed by atoms with Crippen molar-refractivity contribution in [3.05, 3.63) is 65.8 Å². The molecule has 256 valence electrons. The number of hydrogen-bond donors (Lipinski definition) is 4. The number of ether oxygens (including phenoxy) is 4. The lowest BCUT2D eigenvalue weighted by Crippen LogP contribution is -2.50. The van der Waals surface area contributed by atoms with Gasteiger partial charge in [-0.05, 0) is 69.9 Å². The van der Waals surface area contributed by atoms with Gasteiger partial charge in [0, 0.05) is 30.7 Å². The van der Waals surface area contributed by atoms with E-state index in [2.05, 4.69) is 23.6 Å². The van der Waals surface area contributed by atoms with Crippen LogP contribution in [-0.4, -0.2) is 83.7 Å². The summed E-state index contributed by atoms with van der Waals surface area (Å²) >= 11 is 0. The second-order valence-electron chi connectivity index (χ2n) is 12.8. The summed E-state index contributed by atoms with van der Waals surface area (Å²) in [7, 11) is 0. The van der Waals surface area contributed by atoms with E-state index in [4.69, 9.17) is 24.7 Å². The van der Waals surface area contributed by atoms with Crippen molar-refractivity contribution < 1.29 is 43.2 Å². The van der Waals surface area contributed by atoms with Crippen molar-refractivity contribution in [3.63, 3.8) is 0 Å². The van der Waals surface area contributed by atoms with Gasteiger partial charge in [-0.25, -0.2) is 0 Å². The highest BCUT2D eigenvalue weighted by molar-refractivity contribution is 5.95. The Kier molecular flexibility index (Phi) is 12.1. The van der Waals surface area contributed by atoms with Crippen molar-refractivity contribution in [1.29, 1.82) is 0 Å². The number of allylic oxidation sites excluding steroid dienone is 2. The molecule has 47 heavy (non-hydrogen) atoms. The molecule has 0 bridgehead atoms. The van der Waals surface area contributed by atoms with Gasteiger partial charge in [0.25, 0.3) is 0 Å². The van der Waals surface area contributed by atoms with Crippen LogP contribution in [0.2, 0.25) is 0 Å². The quantitative estimate of drug-likeness (QED) is 0.114. The summed E-state index contributed by atoms with van der Waals surface area (Å²) in [6.07, 6.45) is 7.94. The molecule has 0 aliphatic carbocycles. The van der Waals surface area contributed by atoms with Crippen LogP contribution in [0.1, 0.15) is 70.7 Å². The third-order valence-electron chi connectivity index (χ3n) is 8.79. The number of nitrogens with two attached hydrogens (primary N) is 1. The molecule has 3 amide bonds. The van der Waals surface area contributed by atoms with Gasteiger partial charge in [-0.2, -0.15) is 0 Å². The molecule has 0 radical (unpaired) electrons. The third-order valence-corrected chi connectivity index (χ3v) is 8.79. The van der Waals surface area contributed by atoms with Gasteiger partial charge < -0.3 is 40.4 Å². The number of amides is 3. The largest absolute Gasteiger partial charge is 0.459 e. The molecular weight excluding hydrogens is 606 g/mol. The molecule has 1 spiro atoms. The molecule has 12 nitrogen and oxygen atoms in total. The van der Waals surface area contributed by atoms with E-state index in [1.165, 1.54) is 13.0 Å². The minimum Gasteiger partial charge on any atom is -0.459 e. The fourth-order valence-electron chi connectivity index (χ4n) is 6.02. The van der Waals surface area contributed by atoms with Gasteiger partial charge in [-0.1, -0.05) is 30.7 Å². The first-order valence-corrected chi connectivity index (χ1v) is 16.1. The molecule has 4 rings (SSSR count). The first-order valence-electron chi connectivity index (χ1n) is 16.1. The molecule has 0 unspecified atom stereocenters. The standard InChI is InChI=1S/C35H47N3O9/c1-20(6-13-29-21(2)16-28(23(4)46-29)38-31(40)15-8-22(3)45-24(5)39)7-14-30-33(42)35(19-44-35)18-27(47-30)17-32(41)37-26-11-9-25(10-12-26)34(36)43/h6-12,14-15,21-23,27-30,33,42H,13,16-19H2,1-5H3,(H2,36,43)(H,37,41)(H,38,40)/t21-,22-,23+,27+,28+,29-,30+,33+,35+/m0/s1. The highest BCUT2D eigenvalue weighted by Crippen LogP contribution is 2.43. The summed E-state index contributed by atoms with van der Waals surface area (Å²) in [5.41, 5.74) is 6.42. The first kappa shape index (κ1) is 36.0. The van der Waals surface area contributed by atoms with Crippen LogP contribution in [0.15, 0.2) is 60.2 Å². The van der Waals surface area contributed by atoms with Crippen LogP contribution < -0.4 is 16.4 Å². The van der Waals surface area contributed by atoms with Crippen molar-refractivity contribution >= 4 is 29.4 Å². The number of nitrogens with one attached hydrogen (secondary N) is 2. The fourth-order valence-corrected chi connectivity index (χ4v) is 6.02. The van der Waals surface area contributed by atoms with Crippen LogP contribution >= 0.6 is 0 Å². The van der Waals surface area contributed by atoms with Crippen molar-refractivity contribution in [3.8, 4) is 0 Å². The Morgan fingerprint density at radius 1 is 1.13 bits per heavy atom. The molecule has 3 aliphatic rings. The van der Waals surface area contributed by atoms with E-state index >= 15 is 0 Å². The SMILES string of the molecule is CC(=O)O[C@@H](C)C=CC(=O)N[C@@H]1C[C@H](C)[C@H](CC=C(C)C=C[C@H]2O[C@H](CC(=O)Nc3ccc(C(N)=O)cc3)C[C@@]3(CO3)[C@@H]2O)O[C@@H]1C. The summed E-state index contributed by atoms with van der Waals surface area (Å²) in [4.78, 5) is 47.5. The number of epoxide rings is 1. The first-order chi connectivity index (χ1) is 22.2. The molecule has 9 atom stereocenters. The monoisotopic (exact) mass is 653 g/mol. The number of benzene rings is 1. The van der Waals surface area contributed by atoms with E-state index in [0.29, 0.717) is 30.7 Å². The number of primary amides is 1. The summed E-state index contributed by atoms with van der Waals surface area (Å²) < 4.78 is 23.1. The van der Waals surface area contributed by atoms with Crippen molar-refractivity contribution in [2.24, 2.45) is 11.7 Å². The lowest BCUT2D eigenvalue weighted by molar-refractivity contribution is -0.143. The molecule has 1 aromatic rings. The number of carbonyl (C=O) groups excluding carboxylic acids is 4. The molecule has 3 heterocycles. The molecule has 5 N–H and O–H groups in total. The maximum Gasteiger partial charge on any atom is 0.303 e. The number of rotatable bonds is 12. The zero-order chi connectivity index (χ0) is 34.3. The van der Waals surface area contributed by atoms with Crippen LogP contribution in [0.3, 0.4) is 0 Å². The number of esters is 1. The maximum absolute atomic E-state index is 12.8. The van der Waals surface area contributed by atoms with Crippen LogP contribution in [0.4, 0.5) is 5.69 Å². The Morgan fingerprint density at radius 2 is 1.83 bits per heavy atom. The topological polar surface area (TPSA) is 179 Å². The molecule has 3 fully saturated rings. The van der Waals surface area contributed by atoms with E-state index in [1.54, 1.807) is 37.3 Å². The molecular formula is C35H47N3O9. The third kappa shape index (κ3) is 10.3. The smallest absolute Gasteiger partial charge is 0.303 e. The highest BCUT2D eigenvalue weighted by Gasteiger charge is 2.58. The Hall–Kier alpha value is -3.84. The molecule has 12 heteroatoms. The predicted octanol–water partition coefficient (Wildman–Crippen LogP) is 3.10. The number of carbonyl (C=O) groups is 4. The van der Waals surface area contributed by atoms with Gasteiger partial charge in [0.2, 0.25) is 17.7 Å². The van der Waals surface area contributed by atoms with E-state index in [9.17, 15) is 24.3 Å². The van der Waals surface area contributed by atoms with Gasteiger partial charge in [-0.3, -0.25) is 19.2 Å². The lowest BCUT2D eigenvalue weighted by Gasteiger charge is -2.39. The molecule has 0 aromatic heterocycles. The van der Waals surface area contributed by atoms with Gasteiger partial charge in [0.15, 0.2) is 0 Å². The van der Waals surface area contributed by atoms with Crippen molar-refractivity contribution in [2.75, 3.05) is 11.9 Å². The van der Waals surface area contributed by atoms with Crippen LogP contribution in [0.25, 0.3) is 0 Å². The minimum absolute atomic E-state index is 0.0319. The maximum atomic E-state index is 12.8. The predicted molar refractivity (Wildman–Crippen MR) is 174 cm³/mol. The number of hydrogen-bond acceptors (Lipinski definition) is 9. The average molecular weight is 654 g/mol.